The summed E-state index contributed by atoms with van der Waals surface area (Å²) in [4.78, 5) is 22.6. The standard InChI is InChI=1S/C23H24ClN3O3S/c1-26(2)15-4-6-27(11-15)23(29)20-8-13-7-14(24)9-18(21(13)30-20)17-3-5-25-19-10-16(12-28)31-22(17)19/h3,5,7,9-10,15,20,28H,4,6,8,11-12H2,1-2H3/t15-,20-/m1/s1. The van der Waals surface area contributed by atoms with E-state index in [0.717, 1.165) is 57.0 Å². The van der Waals surface area contributed by atoms with Gasteiger partial charge in [0.2, 0.25) is 0 Å². The molecule has 4 heterocycles. The minimum Gasteiger partial charge on any atom is -0.479 e. The normalized spacial score (nSPS) is 20.5. The Morgan fingerprint density at radius 3 is 2.94 bits per heavy atom. The summed E-state index contributed by atoms with van der Waals surface area (Å²) in [5.41, 5.74) is 3.60. The number of hydrogen-bond donors (Lipinski definition) is 1. The van der Waals surface area contributed by atoms with Gasteiger partial charge < -0.3 is 19.6 Å². The molecule has 1 N–H and O–H groups in total. The third-order valence-corrected chi connectivity index (χ3v) is 7.55. The third-order valence-electron chi connectivity index (χ3n) is 6.19. The highest BCUT2D eigenvalue weighted by Crippen LogP contribution is 2.44. The van der Waals surface area contributed by atoms with Gasteiger partial charge >= 0.3 is 0 Å². The molecule has 5 rings (SSSR count). The summed E-state index contributed by atoms with van der Waals surface area (Å²) in [5.74, 6) is 0.763. The van der Waals surface area contributed by atoms with Gasteiger partial charge in [-0.15, -0.1) is 11.3 Å². The van der Waals surface area contributed by atoms with E-state index in [4.69, 9.17) is 16.3 Å². The van der Waals surface area contributed by atoms with Gasteiger partial charge in [-0.25, -0.2) is 0 Å². The number of carbonyl (C=O) groups excluding carboxylic acids is 1. The maximum absolute atomic E-state index is 13.2. The molecule has 0 spiro atoms. The number of aliphatic hydroxyl groups is 1. The molecule has 0 bridgehead atoms. The van der Waals surface area contributed by atoms with Gasteiger partial charge in [-0.1, -0.05) is 11.6 Å². The van der Waals surface area contributed by atoms with Crippen LogP contribution in [0.25, 0.3) is 21.3 Å². The smallest absolute Gasteiger partial charge is 0.264 e. The molecule has 8 heteroatoms. The number of aromatic nitrogens is 1. The maximum atomic E-state index is 13.2. The number of rotatable bonds is 4. The Kier molecular flexibility index (Phi) is 5.38. The van der Waals surface area contributed by atoms with Crippen LogP contribution in [0.2, 0.25) is 5.02 Å². The van der Waals surface area contributed by atoms with E-state index < -0.39 is 6.10 Å². The van der Waals surface area contributed by atoms with Crippen molar-refractivity contribution >= 4 is 39.1 Å². The van der Waals surface area contributed by atoms with Crippen molar-refractivity contribution in [2.45, 2.75) is 31.6 Å². The largest absolute Gasteiger partial charge is 0.479 e. The van der Waals surface area contributed by atoms with Crippen molar-refractivity contribution in [1.82, 2.24) is 14.8 Å². The SMILES string of the molecule is CN(C)[C@@H]1CCN(C(=O)[C@H]2Cc3cc(Cl)cc(-c4ccnc5cc(CO)sc45)c3O2)C1. The first-order valence-electron chi connectivity index (χ1n) is 10.4. The zero-order chi connectivity index (χ0) is 21.7. The van der Waals surface area contributed by atoms with Crippen molar-refractivity contribution in [2.75, 3.05) is 27.2 Å². The molecule has 2 atom stereocenters. The van der Waals surface area contributed by atoms with E-state index in [2.05, 4.69) is 24.0 Å². The van der Waals surface area contributed by atoms with Gasteiger partial charge in [-0.05, 0) is 44.8 Å². The van der Waals surface area contributed by atoms with Crippen molar-refractivity contribution in [3.63, 3.8) is 0 Å². The van der Waals surface area contributed by atoms with E-state index in [-0.39, 0.29) is 12.5 Å². The molecule has 1 saturated heterocycles. The van der Waals surface area contributed by atoms with Crippen LogP contribution in [-0.2, 0) is 17.8 Å². The molecule has 2 aromatic heterocycles. The first-order chi connectivity index (χ1) is 14.9. The first kappa shape index (κ1) is 20.7. The predicted octanol–water partition coefficient (Wildman–Crippen LogP) is 3.58. The quantitative estimate of drug-likeness (QED) is 0.648. The maximum Gasteiger partial charge on any atom is 0.264 e. The van der Waals surface area contributed by atoms with Crippen LogP contribution in [0.1, 0.15) is 16.9 Å². The molecule has 0 unspecified atom stereocenters. The van der Waals surface area contributed by atoms with Gasteiger partial charge in [0.15, 0.2) is 6.10 Å². The zero-order valence-electron chi connectivity index (χ0n) is 17.5. The average molecular weight is 458 g/mol. The molecule has 0 aliphatic carbocycles. The summed E-state index contributed by atoms with van der Waals surface area (Å²) in [7, 11) is 4.11. The Labute approximate surface area is 190 Å². The number of fused-ring (bicyclic) bond motifs is 2. The number of hydrogen-bond acceptors (Lipinski definition) is 6. The Morgan fingerprint density at radius 2 is 2.19 bits per heavy atom. The Hall–Kier alpha value is -2.19. The van der Waals surface area contributed by atoms with Crippen LogP contribution < -0.4 is 4.74 Å². The second kappa shape index (κ2) is 8.06. The van der Waals surface area contributed by atoms with Gasteiger partial charge in [-0.3, -0.25) is 9.78 Å². The summed E-state index contributed by atoms with van der Waals surface area (Å²) < 4.78 is 7.25. The Bertz CT molecular complexity index is 1160. The number of aliphatic hydroxyl groups excluding tert-OH is 1. The lowest BCUT2D eigenvalue weighted by atomic mass is 10.0. The van der Waals surface area contributed by atoms with Gasteiger partial charge in [0, 0.05) is 58.3 Å². The molecule has 0 saturated carbocycles. The fourth-order valence-electron chi connectivity index (χ4n) is 4.51. The molecule has 2 aliphatic rings. The minimum absolute atomic E-state index is 0.0228. The second-order valence-corrected chi connectivity index (χ2v) is 9.96. The summed E-state index contributed by atoms with van der Waals surface area (Å²) in [5, 5.41) is 10.2. The molecule has 31 heavy (non-hydrogen) atoms. The lowest BCUT2D eigenvalue weighted by Crippen LogP contribution is -2.41. The van der Waals surface area contributed by atoms with Crippen LogP contribution in [0.5, 0.6) is 5.75 Å². The number of thiophene rings is 1. The highest BCUT2D eigenvalue weighted by molar-refractivity contribution is 7.19. The van der Waals surface area contributed by atoms with Crippen LogP contribution >= 0.6 is 22.9 Å². The zero-order valence-corrected chi connectivity index (χ0v) is 19.0. The minimum atomic E-state index is -0.526. The average Bonchev–Trinajstić information content (AvgIpc) is 3.49. The van der Waals surface area contributed by atoms with E-state index in [0.29, 0.717) is 17.5 Å². The molecular formula is C23H24ClN3O3S. The van der Waals surface area contributed by atoms with Crippen LogP contribution in [0.4, 0.5) is 0 Å². The molecule has 1 amide bonds. The highest BCUT2D eigenvalue weighted by Gasteiger charge is 2.37. The third kappa shape index (κ3) is 3.69. The molecule has 2 aliphatic heterocycles. The fraction of sp³-hybridized carbons (Fsp3) is 0.391. The van der Waals surface area contributed by atoms with E-state index in [1.165, 1.54) is 11.3 Å². The van der Waals surface area contributed by atoms with Crippen molar-refractivity contribution < 1.29 is 14.6 Å². The van der Waals surface area contributed by atoms with Crippen molar-refractivity contribution in [3.05, 3.63) is 45.9 Å². The van der Waals surface area contributed by atoms with E-state index in [9.17, 15) is 9.90 Å². The van der Waals surface area contributed by atoms with E-state index >= 15 is 0 Å². The number of carbonyl (C=O) groups is 1. The summed E-state index contributed by atoms with van der Waals surface area (Å²) in [6.07, 6.45) is 2.73. The van der Waals surface area contributed by atoms with Gasteiger partial charge in [0.25, 0.3) is 5.91 Å². The van der Waals surface area contributed by atoms with Crippen molar-refractivity contribution in [2.24, 2.45) is 0 Å². The van der Waals surface area contributed by atoms with Gasteiger partial charge in [-0.2, -0.15) is 0 Å². The van der Waals surface area contributed by atoms with Crippen molar-refractivity contribution in [1.29, 1.82) is 0 Å². The number of benzene rings is 1. The summed E-state index contributed by atoms with van der Waals surface area (Å²) >= 11 is 7.97. The lowest BCUT2D eigenvalue weighted by Gasteiger charge is -2.22. The molecule has 162 valence electrons. The number of likely N-dealkylation sites (tertiary alicyclic amines) is 1. The Morgan fingerprint density at radius 1 is 1.35 bits per heavy atom. The van der Waals surface area contributed by atoms with E-state index in [1.807, 2.05) is 29.2 Å². The van der Waals surface area contributed by atoms with Gasteiger partial charge in [0.05, 0.1) is 16.8 Å². The summed E-state index contributed by atoms with van der Waals surface area (Å²) in [6.45, 7) is 1.47. The van der Waals surface area contributed by atoms with Crippen LogP contribution in [0, 0.1) is 0 Å². The summed E-state index contributed by atoms with van der Waals surface area (Å²) in [6, 6.07) is 8.01. The number of likely N-dealkylation sites (N-methyl/N-ethyl adjacent to an activating group) is 1. The topological polar surface area (TPSA) is 65.9 Å². The van der Waals surface area contributed by atoms with E-state index in [1.54, 1.807) is 6.20 Å². The predicted molar refractivity (Wildman–Crippen MR) is 123 cm³/mol. The number of nitrogens with zero attached hydrogens (tertiary/aromatic N) is 3. The molecule has 1 fully saturated rings. The van der Waals surface area contributed by atoms with Crippen molar-refractivity contribution in [3.8, 4) is 16.9 Å². The monoisotopic (exact) mass is 457 g/mol. The molecule has 1 aromatic carbocycles. The Balaban J connectivity index is 1.48. The highest BCUT2D eigenvalue weighted by atomic mass is 35.5. The second-order valence-electron chi connectivity index (χ2n) is 8.39. The van der Waals surface area contributed by atoms with Crippen LogP contribution in [0.3, 0.4) is 0 Å². The number of halogens is 1. The number of amides is 1. The lowest BCUT2D eigenvalue weighted by molar-refractivity contribution is -0.136. The molecule has 3 aromatic rings. The van der Waals surface area contributed by atoms with Gasteiger partial charge in [0.1, 0.15) is 5.75 Å². The molecular weight excluding hydrogens is 434 g/mol. The molecule has 0 radical (unpaired) electrons. The first-order valence-corrected chi connectivity index (χ1v) is 11.6. The number of ether oxygens (including phenoxy) is 1. The van der Waals surface area contributed by atoms with Crippen LogP contribution in [-0.4, -0.2) is 65.1 Å². The number of pyridine rings is 1. The molecule has 6 nitrogen and oxygen atoms in total. The van der Waals surface area contributed by atoms with Crippen LogP contribution in [0.15, 0.2) is 30.5 Å². The fourth-order valence-corrected chi connectivity index (χ4v) is 5.75.